The number of rotatable bonds is 8. The Morgan fingerprint density at radius 2 is 1.72 bits per heavy atom. The van der Waals surface area contributed by atoms with Gasteiger partial charge < -0.3 is 40.8 Å². The number of aliphatic hydroxyl groups excluding tert-OH is 1. The smallest absolute Gasteiger partial charge is 0.748 e. The van der Waals surface area contributed by atoms with Gasteiger partial charge in [-0.1, -0.05) is 111 Å². The summed E-state index contributed by atoms with van der Waals surface area (Å²) in [5.41, 5.74) is 17.3. The van der Waals surface area contributed by atoms with Crippen LogP contribution >= 0.6 is 0 Å². The molecule has 4 aromatic rings. The molecule has 7 N–H and O–H groups in total. The summed E-state index contributed by atoms with van der Waals surface area (Å²) >= 11 is 0. The molecule has 4 aromatic carbocycles. The first-order valence-corrected chi connectivity index (χ1v) is 26.2. The number of allylic oxidation sites excluding steroid dienone is 1. The molecular weight excluding hydrogens is 898 g/mol. The number of nitrogens with two attached hydrogens (primary N) is 2. The van der Waals surface area contributed by atoms with E-state index < -0.39 is 50.7 Å². The Balaban J connectivity index is 0.00000593. The van der Waals surface area contributed by atoms with E-state index in [1.54, 1.807) is 12.1 Å². The third-order valence-electron chi connectivity index (χ3n) is 16.7. The Kier molecular flexibility index (Phi) is 14.5. The number of aryl methyl sites for hydroxylation is 1. The van der Waals surface area contributed by atoms with Crippen molar-refractivity contribution >= 4 is 16.1 Å². The van der Waals surface area contributed by atoms with Crippen LogP contribution in [0.5, 0.6) is 11.5 Å². The van der Waals surface area contributed by atoms with Crippen molar-refractivity contribution in [2.24, 2.45) is 46.0 Å². The van der Waals surface area contributed by atoms with Crippen LogP contribution in [0.1, 0.15) is 134 Å². The van der Waals surface area contributed by atoms with Crippen LogP contribution < -0.4 is 45.8 Å². The van der Waals surface area contributed by atoms with Gasteiger partial charge in [-0.3, -0.25) is 0 Å². The van der Waals surface area contributed by atoms with E-state index in [1.807, 2.05) is 72.8 Å². The fourth-order valence-corrected chi connectivity index (χ4v) is 14.3. The molecule has 0 amide bonds. The van der Waals surface area contributed by atoms with Crippen molar-refractivity contribution < 1.29 is 67.3 Å². The van der Waals surface area contributed by atoms with Crippen LogP contribution in [-0.2, 0) is 33.4 Å². The van der Waals surface area contributed by atoms with Crippen molar-refractivity contribution in [2.75, 3.05) is 6.61 Å². The van der Waals surface area contributed by atoms with Gasteiger partial charge in [0.05, 0.1) is 27.1 Å². The van der Waals surface area contributed by atoms with Crippen molar-refractivity contribution in [1.82, 2.24) is 0 Å². The second-order valence-corrected chi connectivity index (χ2v) is 22.5. The number of benzene rings is 4. The van der Waals surface area contributed by atoms with Gasteiger partial charge in [-0.15, -0.1) is 0 Å². The minimum atomic E-state index is -4.91. The van der Waals surface area contributed by atoms with E-state index in [0.29, 0.717) is 55.4 Å². The van der Waals surface area contributed by atoms with E-state index in [2.05, 4.69) is 30.9 Å². The maximum Gasteiger partial charge on any atom is 1.00 e. The molecular formula is C56H64N3NaO8S. The second-order valence-electron chi connectivity index (χ2n) is 20.9. The fourth-order valence-electron chi connectivity index (χ4n) is 13.3. The van der Waals surface area contributed by atoms with Gasteiger partial charge in [-0.2, -0.15) is 0 Å². The first-order chi connectivity index (χ1) is 32.7. The largest absolute Gasteiger partial charge is 1.00 e. The van der Waals surface area contributed by atoms with Gasteiger partial charge in [-0.05, 0) is 139 Å². The minimum absolute atomic E-state index is 0. The van der Waals surface area contributed by atoms with Gasteiger partial charge in [0.15, 0.2) is 5.96 Å². The molecule has 11 atom stereocenters. The molecule has 69 heavy (non-hydrogen) atoms. The summed E-state index contributed by atoms with van der Waals surface area (Å²) in [4.78, 5) is 5.04. The zero-order chi connectivity index (χ0) is 47.4. The third-order valence-corrected chi connectivity index (χ3v) is 18.0. The van der Waals surface area contributed by atoms with Crippen LogP contribution in [-0.4, -0.2) is 57.8 Å². The predicted octanol–water partition coefficient (Wildman–Crippen LogP) is 5.37. The van der Waals surface area contributed by atoms with Gasteiger partial charge in [0.25, 0.3) is 0 Å². The SMILES string of the molecule is C[C@H]1CCc2cc3ccc2[C@H]1C[C@@H](S(=O)(=O)[O-])[C@@H]1C=C2C[C@H](C[C@@H]4O[C@H]2c2ccc(O)cc2C#CC[C@@H]4CO)[C@@H]1c1ccc(cc1)[C@@](C[C@H](Cc1ccccc1)C1(O)CCCCC1)(N=C(N)N)O3.[Na+]. The van der Waals surface area contributed by atoms with Crippen LogP contribution in [0, 0.1) is 41.4 Å². The standard InChI is InChI=1S/C56H65N3O8S.Na/c1-34-13-14-38-28-45-20-22-46(38)48(34)31-51(68(63,64)65)49-29-41-26-40(30-50-39(33-60)12-8-11-37-27-44(61)19-21-47(37)53(41)66-50)52(49)36-15-17-42(18-16-36)56(67-45,59-54(57)58)32-43(25-35-9-4-2-5-10-35)55(62)23-6-3-7-24-55;/h2,4-5,9-10,15-22,27-29,34,39-40,43,48-53,60-62H,3,6-7,12-14,23-26,30-33H2,1H3,(H4,57,58,59)(H,63,64,65);/q;+1/p-1/t34-,39+,40+,43-,48-,49-,50-,51+,52-,53+,56-;/m0./s1. The molecule has 0 radical (unpaired) electrons. The van der Waals surface area contributed by atoms with Gasteiger partial charge in [0.2, 0.25) is 5.72 Å². The van der Waals surface area contributed by atoms with Gasteiger partial charge >= 0.3 is 29.6 Å². The first kappa shape index (κ1) is 49.8. The van der Waals surface area contributed by atoms with E-state index in [-0.39, 0.29) is 90.3 Å². The maximum absolute atomic E-state index is 14.1. The molecule has 1 saturated carbocycles. The van der Waals surface area contributed by atoms with E-state index in [1.165, 1.54) is 0 Å². The second kappa shape index (κ2) is 20.2. The summed E-state index contributed by atoms with van der Waals surface area (Å²) in [5.74, 6) is 4.79. The molecule has 0 spiro atoms. The van der Waals surface area contributed by atoms with Crippen LogP contribution in [0.3, 0.4) is 0 Å². The zero-order valence-electron chi connectivity index (χ0n) is 39.8. The quantitative estimate of drug-likeness (QED) is 0.0382. The molecule has 0 aromatic heterocycles. The van der Waals surface area contributed by atoms with E-state index in [9.17, 15) is 28.3 Å². The number of hydrogen-bond acceptors (Lipinski definition) is 9. The summed E-state index contributed by atoms with van der Waals surface area (Å²) in [6.45, 7) is 1.99. The van der Waals surface area contributed by atoms with Crippen LogP contribution in [0.15, 0.2) is 108 Å². The number of phenolic OH excluding ortho intramolecular Hbond substituents is 1. The van der Waals surface area contributed by atoms with Crippen molar-refractivity contribution in [2.45, 2.75) is 131 Å². The molecule has 5 aliphatic heterocycles. The molecule has 2 fully saturated rings. The van der Waals surface area contributed by atoms with Crippen LogP contribution in [0.4, 0.5) is 0 Å². The number of hydrogen-bond donors (Lipinski definition) is 5. The van der Waals surface area contributed by atoms with Crippen molar-refractivity contribution in [3.63, 3.8) is 0 Å². The molecule has 358 valence electrons. The molecule has 12 rings (SSSR count). The fraction of sp³-hybridized carbons (Fsp3) is 0.482. The van der Waals surface area contributed by atoms with Gasteiger partial charge in [-0.25, -0.2) is 13.4 Å². The summed E-state index contributed by atoms with van der Waals surface area (Å²) in [6, 6.07) is 29.2. The number of phenols is 1. The summed E-state index contributed by atoms with van der Waals surface area (Å²) in [6.07, 6.45) is 9.03. The van der Waals surface area contributed by atoms with Crippen molar-refractivity contribution in [3.8, 4) is 23.3 Å². The Morgan fingerprint density at radius 1 is 0.971 bits per heavy atom. The summed E-state index contributed by atoms with van der Waals surface area (Å²) in [5, 5.41) is 32.8. The molecule has 0 unspecified atom stereocenters. The Bertz CT molecular complexity index is 2750. The molecule has 5 heterocycles. The van der Waals surface area contributed by atoms with Crippen molar-refractivity contribution in [1.29, 1.82) is 0 Å². The van der Waals surface area contributed by atoms with Gasteiger partial charge in [0.1, 0.15) is 17.6 Å². The minimum Gasteiger partial charge on any atom is -0.748 e. The molecule has 1 saturated heterocycles. The number of aliphatic imine (C=N–C) groups is 1. The maximum atomic E-state index is 14.1. The Hall–Kier alpha value is -4.16. The van der Waals surface area contributed by atoms with Gasteiger partial charge in [0, 0.05) is 42.1 Å². The average Bonchev–Trinajstić information content (AvgIpc) is 3.40. The zero-order valence-corrected chi connectivity index (χ0v) is 42.6. The molecule has 3 aliphatic carbocycles. The summed E-state index contributed by atoms with van der Waals surface area (Å²) in [7, 11) is -4.91. The third kappa shape index (κ3) is 10.1. The van der Waals surface area contributed by atoms with Crippen LogP contribution in [0.2, 0.25) is 0 Å². The van der Waals surface area contributed by atoms with Crippen molar-refractivity contribution in [3.05, 3.63) is 142 Å². The van der Waals surface area contributed by atoms with E-state index in [0.717, 1.165) is 65.5 Å². The number of nitrogens with zero attached hydrogens (tertiary/aromatic N) is 1. The number of ether oxygens (including phenoxy) is 2. The van der Waals surface area contributed by atoms with E-state index >= 15 is 0 Å². The predicted molar refractivity (Wildman–Crippen MR) is 260 cm³/mol. The van der Waals surface area contributed by atoms with E-state index in [4.69, 9.17) is 25.9 Å². The normalized spacial score (nSPS) is 30.4. The topological polar surface area (TPSA) is 201 Å². The number of fused-ring (bicyclic) bond motifs is 9. The number of aliphatic hydroxyl groups is 2. The molecule has 13 heteroatoms. The molecule has 11 nitrogen and oxygen atoms in total. The number of guanidine groups is 1. The monoisotopic (exact) mass is 961 g/mol. The first-order valence-electron chi connectivity index (χ1n) is 24.7. The van der Waals surface area contributed by atoms with Crippen LogP contribution in [0.25, 0.3) is 0 Å². The summed E-state index contributed by atoms with van der Waals surface area (Å²) < 4.78 is 56.8. The molecule has 10 bridgehead atoms. The average molecular weight is 962 g/mol. The number of aromatic hydroxyl groups is 1. The molecule has 8 aliphatic rings. The Labute approximate surface area is 429 Å². The Morgan fingerprint density at radius 3 is 2.45 bits per heavy atom.